The highest BCUT2D eigenvalue weighted by molar-refractivity contribution is 5.94. The largest absolute Gasteiger partial charge is 0.339 e. The second-order valence-electron chi connectivity index (χ2n) is 7.06. The number of carbonyl (C=O) groups is 1. The molecule has 1 amide bonds. The minimum Gasteiger partial charge on any atom is -0.339 e. The van der Waals surface area contributed by atoms with Crippen molar-refractivity contribution in [2.45, 2.75) is 31.7 Å². The Hall–Kier alpha value is -2.28. The van der Waals surface area contributed by atoms with E-state index < -0.39 is 5.82 Å². The van der Waals surface area contributed by atoms with Gasteiger partial charge in [0.25, 0.3) is 5.91 Å². The van der Waals surface area contributed by atoms with Crippen LogP contribution >= 0.6 is 0 Å². The fourth-order valence-electron chi connectivity index (χ4n) is 3.49. The van der Waals surface area contributed by atoms with Crippen LogP contribution in [-0.2, 0) is 6.54 Å². The lowest BCUT2D eigenvalue weighted by Crippen LogP contribution is -2.38. The molecule has 6 nitrogen and oxygen atoms in total. The molecule has 3 heterocycles. The van der Waals surface area contributed by atoms with Gasteiger partial charge in [0.05, 0.1) is 11.8 Å². The van der Waals surface area contributed by atoms with Crippen molar-refractivity contribution < 1.29 is 9.18 Å². The van der Waals surface area contributed by atoms with Gasteiger partial charge in [-0.2, -0.15) is 0 Å². The predicted molar refractivity (Wildman–Crippen MR) is 97.5 cm³/mol. The van der Waals surface area contributed by atoms with Crippen molar-refractivity contribution in [2.75, 3.05) is 33.7 Å². The summed E-state index contributed by atoms with van der Waals surface area (Å²) < 4.78 is 16.0. The molecule has 0 bridgehead atoms. The Balaban J connectivity index is 1.58. The molecule has 0 unspecified atom stereocenters. The molecule has 1 aliphatic rings. The topological polar surface area (TPSA) is 54.3 Å². The van der Waals surface area contributed by atoms with Crippen LogP contribution in [0.4, 0.5) is 4.39 Å². The molecule has 0 spiro atoms. The Morgan fingerprint density at radius 3 is 2.77 bits per heavy atom. The van der Waals surface area contributed by atoms with Crippen LogP contribution in [0.1, 0.15) is 41.4 Å². The first-order valence-electron chi connectivity index (χ1n) is 9.11. The number of rotatable bonds is 6. The summed E-state index contributed by atoms with van der Waals surface area (Å²) in [4.78, 5) is 24.7. The third-order valence-electron chi connectivity index (χ3n) is 4.90. The maximum absolute atomic E-state index is 13.8. The zero-order valence-electron chi connectivity index (χ0n) is 15.4. The first-order chi connectivity index (χ1) is 12.6. The van der Waals surface area contributed by atoms with Crippen LogP contribution in [0.2, 0.25) is 0 Å². The van der Waals surface area contributed by atoms with Crippen LogP contribution in [0.15, 0.2) is 30.9 Å². The van der Waals surface area contributed by atoms with Gasteiger partial charge in [-0.15, -0.1) is 0 Å². The maximum Gasteiger partial charge on any atom is 0.256 e. The van der Waals surface area contributed by atoms with Gasteiger partial charge in [-0.25, -0.2) is 9.37 Å². The minimum atomic E-state index is -0.559. The van der Waals surface area contributed by atoms with Gasteiger partial charge >= 0.3 is 0 Å². The van der Waals surface area contributed by atoms with E-state index in [0.29, 0.717) is 19.0 Å². The summed E-state index contributed by atoms with van der Waals surface area (Å²) in [5.74, 6) is 0.635. The van der Waals surface area contributed by atoms with E-state index in [2.05, 4.69) is 33.5 Å². The average Bonchev–Trinajstić information content (AvgIpc) is 3.10. The summed E-state index contributed by atoms with van der Waals surface area (Å²) in [6, 6.07) is 1.45. The lowest BCUT2D eigenvalue weighted by Gasteiger charge is -2.32. The monoisotopic (exact) mass is 359 g/mol. The quantitative estimate of drug-likeness (QED) is 0.795. The fraction of sp³-hybridized carbons (Fsp3) is 0.526. The number of imidazole rings is 1. The summed E-state index contributed by atoms with van der Waals surface area (Å²) in [5.41, 5.74) is 0.101. The van der Waals surface area contributed by atoms with Crippen LogP contribution in [0.3, 0.4) is 0 Å². The second kappa shape index (κ2) is 8.40. The van der Waals surface area contributed by atoms with Crippen LogP contribution in [0.25, 0.3) is 0 Å². The van der Waals surface area contributed by atoms with Gasteiger partial charge in [0.15, 0.2) is 5.82 Å². The molecule has 7 heteroatoms. The molecule has 140 valence electrons. The van der Waals surface area contributed by atoms with Gasteiger partial charge in [-0.3, -0.25) is 9.78 Å². The van der Waals surface area contributed by atoms with E-state index in [1.165, 1.54) is 12.3 Å². The van der Waals surface area contributed by atoms with Crippen molar-refractivity contribution in [1.29, 1.82) is 0 Å². The number of aryl methyl sites for hydroxylation is 1. The van der Waals surface area contributed by atoms with Crippen molar-refractivity contribution in [2.24, 2.45) is 0 Å². The van der Waals surface area contributed by atoms with Crippen LogP contribution in [-0.4, -0.2) is 64.0 Å². The highest BCUT2D eigenvalue weighted by Gasteiger charge is 2.28. The van der Waals surface area contributed by atoms with Gasteiger partial charge in [0, 0.05) is 44.1 Å². The van der Waals surface area contributed by atoms with E-state index in [9.17, 15) is 9.18 Å². The van der Waals surface area contributed by atoms with E-state index >= 15 is 0 Å². The third kappa shape index (κ3) is 4.27. The Labute approximate surface area is 153 Å². The predicted octanol–water partition coefficient (Wildman–Crippen LogP) is 2.39. The summed E-state index contributed by atoms with van der Waals surface area (Å²) in [6.07, 6.45) is 9.21. The summed E-state index contributed by atoms with van der Waals surface area (Å²) in [6.45, 7) is 3.24. The average molecular weight is 359 g/mol. The second-order valence-corrected chi connectivity index (χ2v) is 7.06. The van der Waals surface area contributed by atoms with Crippen molar-refractivity contribution in [3.63, 3.8) is 0 Å². The minimum absolute atomic E-state index is 0.101. The normalized spacial score (nSPS) is 15.6. The number of carbonyl (C=O) groups excluding carboxylic acids is 1. The highest BCUT2D eigenvalue weighted by atomic mass is 19.1. The number of aromatic nitrogens is 3. The molecule has 2 aromatic rings. The first-order valence-corrected chi connectivity index (χ1v) is 9.11. The van der Waals surface area contributed by atoms with Gasteiger partial charge in [-0.05, 0) is 46.0 Å². The molecule has 1 fully saturated rings. The number of piperidine rings is 1. The number of amides is 1. The zero-order valence-corrected chi connectivity index (χ0v) is 15.4. The van der Waals surface area contributed by atoms with E-state index in [1.807, 2.05) is 12.4 Å². The molecule has 0 aliphatic carbocycles. The lowest BCUT2D eigenvalue weighted by atomic mass is 9.95. The maximum atomic E-state index is 13.8. The molecule has 2 aromatic heterocycles. The smallest absolute Gasteiger partial charge is 0.256 e. The first kappa shape index (κ1) is 18.5. The van der Waals surface area contributed by atoms with Crippen molar-refractivity contribution in [3.8, 4) is 0 Å². The van der Waals surface area contributed by atoms with E-state index in [1.54, 1.807) is 4.90 Å². The number of hydrogen-bond donors (Lipinski definition) is 0. The number of likely N-dealkylation sites (tertiary alicyclic amines) is 1. The summed E-state index contributed by atoms with van der Waals surface area (Å²) >= 11 is 0. The summed E-state index contributed by atoms with van der Waals surface area (Å²) in [7, 11) is 4.15. The summed E-state index contributed by atoms with van der Waals surface area (Å²) in [5, 5.41) is 0. The molecule has 0 atom stereocenters. The Morgan fingerprint density at radius 2 is 2.08 bits per heavy atom. The van der Waals surface area contributed by atoms with Crippen LogP contribution in [0, 0.1) is 5.82 Å². The highest BCUT2D eigenvalue weighted by Crippen LogP contribution is 2.28. The van der Waals surface area contributed by atoms with Crippen molar-refractivity contribution in [1.82, 2.24) is 24.3 Å². The Bertz CT molecular complexity index is 737. The molecule has 0 saturated carbocycles. The molecule has 1 aliphatic heterocycles. The number of nitrogens with zero attached hydrogens (tertiary/aromatic N) is 5. The SMILES string of the molecule is CN(C)CCCn1ccnc1C1CCN(C(=O)c2ccncc2F)CC1. The number of pyridine rings is 1. The lowest BCUT2D eigenvalue weighted by molar-refractivity contribution is 0.0705. The van der Waals surface area contributed by atoms with Crippen molar-refractivity contribution >= 4 is 5.91 Å². The molecule has 0 N–H and O–H groups in total. The molecular formula is C19H26FN5O. The zero-order chi connectivity index (χ0) is 18.5. The molecule has 26 heavy (non-hydrogen) atoms. The Morgan fingerprint density at radius 1 is 1.31 bits per heavy atom. The Kier molecular flexibility index (Phi) is 5.98. The standard InChI is InChI=1S/C19H26FN5O/c1-23(2)9-3-10-24-13-8-22-18(24)15-5-11-25(12-6-15)19(26)16-4-7-21-14-17(16)20/h4,7-8,13-15H,3,5-6,9-12H2,1-2H3. The number of hydrogen-bond acceptors (Lipinski definition) is 4. The van der Waals surface area contributed by atoms with Gasteiger partial charge in [0.1, 0.15) is 5.82 Å². The molecular weight excluding hydrogens is 333 g/mol. The molecule has 1 saturated heterocycles. The van der Waals surface area contributed by atoms with Gasteiger partial charge in [-0.1, -0.05) is 0 Å². The number of halogens is 1. The fourth-order valence-corrected chi connectivity index (χ4v) is 3.49. The molecule has 0 aromatic carbocycles. The van der Waals surface area contributed by atoms with Crippen molar-refractivity contribution in [3.05, 3.63) is 48.1 Å². The van der Waals surface area contributed by atoms with Gasteiger partial charge < -0.3 is 14.4 Å². The van der Waals surface area contributed by atoms with Gasteiger partial charge in [0.2, 0.25) is 0 Å². The molecule has 3 rings (SSSR count). The van der Waals surface area contributed by atoms with Crippen LogP contribution in [0.5, 0.6) is 0 Å². The third-order valence-corrected chi connectivity index (χ3v) is 4.90. The van der Waals surface area contributed by atoms with Crippen LogP contribution < -0.4 is 0 Å². The van der Waals surface area contributed by atoms with E-state index in [4.69, 9.17) is 0 Å². The van der Waals surface area contributed by atoms with E-state index in [0.717, 1.165) is 44.4 Å². The van der Waals surface area contributed by atoms with E-state index in [-0.39, 0.29) is 11.5 Å². The molecule has 0 radical (unpaired) electrons.